The molecule has 126 valence electrons. The first-order valence-electron chi connectivity index (χ1n) is 6.12. The van der Waals surface area contributed by atoms with E-state index in [2.05, 4.69) is 11.3 Å². The summed E-state index contributed by atoms with van der Waals surface area (Å²) in [5.41, 5.74) is 0. The molecule has 22 heavy (non-hydrogen) atoms. The molecular weight excluding hydrogens is 328 g/mol. The molecule has 0 unspecified atom stereocenters. The normalized spacial score (nSPS) is 14.8. The molecule has 0 rings (SSSR count). The number of allylic oxidation sites excluding steroid dienone is 4. The SMILES string of the molecule is C=C(F)/C(F)=C(\C(F)=C(\F)COC/C=C/CCC)S(=O)(=O)O. The Hall–Kier alpha value is -1.45. The minimum absolute atomic E-state index is 0.0933. The van der Waals surface area contributed by atoms with E-state index in [1.165, 1.54) is 6.08 Å². The van der Waals surface area contributed by atoms with E-state index >= 15 is 0 Å². The second-order valence-electron chi connectivity index (χ2n) is 4.02. The van der Waals surface area contributed by atoms with Gasteiger partial charge in [-0.2, -0.15) is 8.42 Å². The Balaban J connectivity index is 5.18. The van der Waals surface area contributed by atoms with Gasteiger partial charge < -0.3 is 4.74 Å². The van der Waals surface area contributed by atoms with Crippen molar-refractivity contribution in [1.29, 1.82) is 0 Å². The van der Waals surface area contributed by atoms with E-state index in [-0.39, 0.29) is 6.61 Å². The van der Waals surface area contributed by atoms with Gasteiger partial charge in [0, 0.05) is 0 Å². The van der Waals surface area contributed by atoms with Crippen molar-refractivity contribution in [1.82, 2.24) is 0 Å². The molecular formula is C13H16F4O4S. The molecule has 0 atom stereocenters. The predicted molar refractivity (Wildman–Crippen MR) is 74.0 cm³/mol. The third kappa shape index (κ3) is 7.01. The Morgan fingerprint density at radius 2 is 1.77 bits per heavy atom. The maximum atomic E-state index is 13.6. The van der Waals surface area contributed by atoms with Gasteiger partial charge in [0.05, 0.1) is 6.61 Å². The van der Waals surface area contributed by atoms with Crippen LogP contribution in [-0.2, 0) is 14.9 Å². The molecule has 0 radical (unpaired) electrons. The van der Waals surface area contributed by atoms with Gasteiger partial charge in [-0.3, -0.25) is 4.55 Å². The van der Waals surface area contributed by atoms with Gasteiger partial charge in [0.2, 0.25) is 0 Å². The number of hydrogen-bond acceptors (Lipinski definition) is 3. The zero-order valence-electron chi connectivity index (χ0n) is 11.8. The third-order valence-electron chi connectivity index (χ3n) is 2.20. The van der Waals surface area contributed by atoms with Gasteiger partial charge in [-0.1, -0.05) is 32.1 Å². The number of ether oxygens (including phenoxy) is 1. The topological polar surface area (TPSA) is 63.6 Å². The average Bonchev–Trinajstić information content (AvgIpc) is 2.40. The zero-order chi connectivity index (χ0) is 17.3. The summed E-state index contributed by atoms with van der Waals surface area (Å²) >= 11 is 0. The number of halogens is 4. The maximum Gasteiger partial charge on any atom is 0.300 e. The van der Waals surface area contributed by atoms with Crippen LogP contribution in [0.3, 0.4) is 0 Å². The molecule has 0 aromatic heterocycles. The first-order chi connectivity index (χ1) is 10.1. The van der Waals surface area contributed by atoms with Gasteiger partial charge in [0.1, 0.15) is 6.61 Å². The fourth-order valence-electron chi connectivity index (χ4n) is 1.20. The standard InChI is InChI=1S/C13H16F4O4S/c1-3-4-5-6-7-21-8-10(15)12(17)13(22(18,19)20)11(16)9(2)14/h5-6H,2-4,7-8H2,1H3,(H,18,19,20)/b6-5+,12-10-,13-11-. The largest absolute Gasteiger partial charge is 0.370 e. The smallest absolute Gasteiger partial charge is 0.300 e. The summed E-state index contributed by atoms with van der Waals surface area (Å²) in [6.45, 7) is 3.22. The Labute approximate surface area is 126 Å². The van der Waals surface area contributed by atoms with Crippen LogP contribution in [0, 0.1) is 0 Å². The molecule has 0 saturated heterocycles. The zero-order valence-corrected chi connectivity index (χ0v) is 12.6. The monoisotopic (exact) mass is 344 g/mol. The second kappa shape index (κ2) is 9.54. The lowest BCUT2D eigenvalue weighted by molar-refractivity contribution is 0.167. The van der Waals surface area contributed by atoms with Gasteiger partial charge >= 0.3 is 10.1 Å². The number of rotatable bonds is 9. The first kappa shape index (κ1) is 20.6. The highest BCUT2D eigenvalue weighted by Gasteiger charge is 2.29. The lowest BCUT2D eigenvalue weighted by Crippen LogP contribution is -2.08. The van der Waals surface area contributed by atoms with Crippen LogP contribution in [0.1, 0.15) is 19.8 Å². The lowest BCUT2D eigenvalue weighted by Gasteiger charge is -2.05. The van der Waals surface area contributed by atoms with E-state index in [0.717, 1.165) is 12.8 Å². The van der Waals surface area contributed by atoms with Crippen LogP contribution >= 0.6 is 0 Å². The van der Waals surface area contributed by atoms with Crippen molar-refractivity contribution >= 4 is 10.1 Å². The number of hydrogen-bond donors (Lipinski definition) is 1. The van der Waals surface area contributed by atoms with E-state index in [9.17, 15) is 26.0 Å². The van der Waals surface area contributed by atoms with Crippen molar-refractivity contribution in [2.75, 3.05) is 13.2 Å². The molecule has 4 nitrogen and oxygen atoms in total. The molecule has 0 spiro atoms. The van der Waals surface area contributed by atoms with Crippen LogP contribution in [-0.4, -0.2) is 26.2 Å². The summed E-state index contributed by atoms with van der Waals surface area (Å²) in [4.78, 5) is -2.16. The summed E-state index contributed by atoms with van der Waals surface area (Å²) in [5.74, 6) is -8.39. The molecule has 0 saturated carbocycles. The first-order valence-corrected chi connectivity index (χ1v) is 7.56. The summed E-state index contributed by atoms with van der Waals surface area (Å²) in [6, 6.07) is 0. The minimum atomic E-state index is -5.53. The summed E-state index contributed by atoms with van der Waals surface area (Å²) in [5, 5.41) is 0. The molecule has 0 aromatic carbocycles. The van der Waals surface area contributed by atoms with Gasteiger partial charge in [0.15, 0.2) is 28.2 Å². The number of unbranched alkanes of at least 4 members (excludes halogenated alkanes) is 1. The fraction of sp³-hybridized carbons (Fsp3) is 0.385. The molecule has 0 aliphatic carbocycles. The van der Waals surface area contributed by atoms with Crippen molar-refractivity contribution in [3.05, 3.63) is 46.9 Å². The molecule has 0 aliphatic heterocycles. The Bertz CT molecular complexity index is 591. The van der Waals surface area contributed by atoms with E-state index < -0.39 is 44.9 Å². The van der Waals surface area contributed by atoms with E-state index in [0.29, 0.717) is 0 Å². The molecule has 1 N–H and O–H groups in total. The van der Waals surface area contributed by atoms with Gasteiger partial charge in [-0.25, -0.2) is 17.6 Å². The van der Waals surface area contributed by atoms with E-state index in [4.69, 9.17) is 4.55 Å². The molecule has 0 fully saturated rings. The van der Waals surface area contributed by atoms with E-state index in [1.807, 2.05) is 6.92 Å². The lowest BCUT2D eigenvalue weighted by atomic mass is 10.3. The molecule has 9 heteroatoms. The van der Waals surface area contributed by atoms with Crippen molar-refractivity contribution in [2.45, 2.75) is 19.8 Å². The second-order valence-corrected chi connectivity index (χ2v) is 5.38. The van der Waals surface area contributed by atoms with Crippen molar-refractivity contribution in [3.8, 4) is 0 Å². The third-order valence-corrected chi connectivity index (χ3v) is 3.07. The van der Waals surface area contributed by atoms with Crippen LogP contribution < -0.4 is 0 Å². The highest BCUT2D eigenvalue weighted by Crippen LogP contribution is 2.29. The quantitative estimate of drug-likeness (QED) is 0.225. The summed E-state index contributed by atoms with van der Waals surface area (Å²) in [6.07, 6.45) is 4.90. The molecule has 0 aliphatic rings. The van der Waals surface area contributed by atoms with Gasteiger partial charge in [-0.05, 0) is 6.42 Å². The fourth-order valence-corrected chi connectivity index (χ4v) is 1.88. The Kier molecular flexibility index (Phi) is 8.91. The van der Waals surface area contributed by atoms with Crippen LogP contribution in [0.15, 0.2) is 46.9 Å². The minimum Gasteiger partial charge on any atom is -0.370 e. The van der Waals surface area contributed by atoms with Crippen LogP contribution in [0.2, 0.25) is 0 Å². The Morgan fingerprint density at radius 3 is 2.23 bits per heavy atom. The highest BCUT2D eigenvalue weighted by molar-refractivity contribution is 7.90. The van der Waals surface area contributed by atoms with E-state index in [1.54, 1.807) is 6.08 Å². The van der Waals surface area contributed by atoms with Crippen LogP contribution in [0.5, 0.6) is 0 Å². The van der Waals surface area contributed by atoms with Crippen molar-refractivity contribution in [3.63, 3.8) is 0 Å². The Morgan fingerprint density at radius 1 is 1.18 bits per heavy atom. The van der Waals surface area contributed by atoms with Gasteiger partial charge in [-0.15, -0.1) is 0 Å². The summed E-state index contributed by atoms with van der Waals surface area (Å²) < 4.78 is 87.7. The molecule has 0 bridgehead atoms. The summed E-state index contributed by atoms with van der Waals surface area (Å²) in [7, 11) is -5.53. The average molecular weight is 344 g/mol. The van der Waals surface area contributed by atoms with Crippen LogP contribution in [0.4, 0.5) is 17.6 Å². The molecule has 0 aromatic rings. The van der Waals surface area contributed by atoms with Crippen molar-refractivity contribution < 1.29 is 35.3 Å². The van der Waals surface area contributed by atoms with Crippen LogP contribution in [0.25, 0.3) is 0 Å². The molecule has 0 heterocycles. The predicted octanol–water partition coefficient (Wildman–Crippen LogP) is 4.06. The maximum absolute atomic E-state index is 13.6. The van der Waals surface area contributed by atoms with Crippen molar-refractivity contribution in [2.24, 2.45) is 0 Å². The van der Waals surface area contributed by atoms with Gasteiger partial charge in [0.25, 0.3) is 0 Å². The molecule has 0 amide bonds. The highest BCUT2D eigenvalue weighted by atomic mass is 32.2.